The topological polar surface area (TPSA) is 90.8 Å². The number of hydrazine groups is 1. The van der Waals surface area contributed by atoms with Crippen LogP contribution >= 0.6 is 0 Å². The van der Waals surface area contributed by atoms with Crippen molar-refractivity contribution >= 4 is 17.2 Å². The Morgan fingerprint density at radius 1 is 1.08 bits per heavy atom. The highest BCUT2D eigenvalue weighted by atomic mass is 16.5. The zero-order chi connectivity index (χ0) is 25.7. The highest BCUT2D eigenvalue weighted by molar-refractivity contribution is 5.87. The van der Waals surface area contributed by atoms with Crippen LogP contribution in [-0.4, -0.2) is 33.2 Å². The van der Waals surface area contributed by atoms with Crippen LogP contribution in [0.4, 0.5) is 11.4 Å². The molecule has 8 atom stereocenters. The Kier molecular flexibility index (Phi) is 7.05. The number of carbonyl (C=O) groups is 1. The molecule has 0 bridgehead atoms. The van der Waals surface area contributed by atoms with Crippen molar-refractivity contribution in [2.75, 3.05) is 38.1 Å². The Hall–Kier alpha value is -1.79. The number of ketones is 1. The Balaban J connectivity index is 1.32. The first kappa shape index (κ1) is 25.8. The van der Waals surface area contributed by atoms with Gasteiger partial charge in [0.05, 0.1) is 31.6 Å². The van der Waals surface area contributed by atoms with Crippen LogP contribution in [0.1, 0.15) is 71.6 Å². The van der Waals surface area contributed by atoms with E-state index < -0.39 is 0 Å². The summed E-state index contributed by atoms with van der Waals surface area (Å²) in [7, 11) is 3.52. The number of nitrogen functional groups attached to an aromatic ring is 1. The van der Waals surface area contributed by atoms with Gasteiger partial charge in [-0.25, -0.2) is 5.84 Å². The monoisotopic (exact) mass is 497 g/mol. The van der Waals surface area contributed by atoms with Gasteiger partial charge in [0.15, 0.2) is 5.78 Å². The van der Waals surface area contributed by atoms with Gasteiger partial charge in [0.1, 0.15) is 5.75 Å². The van der Waals surface area contributed by atoms with Crippen molar-refractivity contribution in [1.82, 2.24) is 0 Å². The second kappa shape index (κ2) is 9.83. The third kappa shape index (κ3) is 4.13. The van der Waals surface area contributed by atoms with Gasteiger partial charge < -0.3 is 20.2 Å². The second-order valence-electron chi connectivity index (χ2n) is 12.9. The predicted octanol–water partition coefficient (Wildman–Crippen LogP) is 5.45. The minimum absolute atomic E-state index is 0.0770. The highest BCUT2D eigenvalue weighted by Gasteiger charge is 2.62. The molecule has 36 heavy (non-hydrogen) atoms. The number of rotatable bonds is 7. The Morgan fingerprint density at radius 2 is 1.89 bits per heavy atom. The molecule has 0 radical (unpaired) electrons. The number of benzene rings is 1. The number of anilines is 2. The molecule has 7 unspecified atom stereocenters. The highest BCUT2D eigenvalue weighted by Crippen LogP contribution is 2.68. The van der Waals surface area contributed by atoms with Crippen molar-refractivity contribution in [2.45, 2.75) is 71.6 Å². The van der Waals surface area contributed by atoms with Gasteiger partial charge >= 0.3 is 0 Å². The fraction of sp³-hybridized carbons (Fsp3) is 0.767. The molecule has 1 aromatic carbocycles. The van der Waals surface area contributed by atoms with E-state index in [0.29, 0.717) is 28.5 Å². The molecule has 4 aliphatic carbocycles. The number of fused-ring (bicyclic) bond motifs is 5. The fourth-order valence-electron chi connectivity index (χ4n) is 9.63. The molecular weight excluding hydrogens is 450 g/mol. The predicted molar refractivity (Wildman–Crippen MR) is 145 cm³/mol. The van der Waals surface area contributed by atoms with E-state index in [1.165, 1.54) is 50.0 Å². The summed E-state index contributed by atoms with van der Waals surface area (Å²) in [5.41, 5.74) is 7.85. The second-order valence-corrected chi connectivity index (χ2v) is 12.9. The maximum absolute atomic E-state index is 13.7. The summed E-state index contributed by atoms with van der Waals surface area (Å²) in [5.74, 6) is 11.2. The normalized spacial score (nSPS) is 39.6. The number of ether oxygens (including phenoxy) is 2. The molecule has 0 heterocycles. The van der Waals surface area contributed by atoms with E-state index in [9.17, 15) is 4.79 Å². The van der Waals surface area contributed by atoms with Crippen LogP contribution in [-0.2, 0) is 9.53 Å². The lowest BCUT2D eigenvalue weighted by atomic mass is 9.44. The van der Waals surface area contributed by atoms with Gasteiger partial charge in [-0.15, -0.1) is 0 Å². The third-order valence-electron chi connectivity index (χ3n) is 11.3. The molecule has 0 saturated heterocycles. The number of methoxy groups -OCH3 is 2. The van der Waals surface area contributed by atoms with E-state index in [0.717, 1.165) is 43.1 Å². The first-order chi connectivity index (χ1) is 17.2. The standard InChI is InChI=1S/C30H47N3O3/c1-19-11-14-30(18-35-3)20(15-19)5-7-22-23-8-9-25(29(23,2)13-12-24(22)30)28(34)17-33(32)27-10-6-21(36-4)16-26(27)31/h6,10,16,19-20,22-25H,5,7-9,11-15,17-18,31-32H2,1-4H3/t19?,20?,22?,23?,24?,25-,29?,30?/m1/s1. The fourth-order valence-corrected chi connectivity index (χ4v) is 9.63. The number of Topliss-reactive ketones (excluding diaryl/α,β-unsaturated/α-hetero) is 1. The molecule has 4 fully saturated rings. The molecule has 0 amide bonds. The molecule has 4 N–H and O–H groups in total. The van der Waals surface area contributed by atoms with Crippen molar-refractivity contribution in [3.8, 4) is 5.75 Å². The summed E-state index contributed by atoms with van der Waals surface area (Å²) in [5, 5.41) is 1.53. The van der Waals surface area contributed by atoms with Crippen molar-refractivity contribution in [3.05, 3.63) is 18.2 Å². The molecule has 6 nitrogen and oxygen atoms in total. The zero-order valence-electron chi connectivity index (χ0n) is 22.8. The molecule has 0 spiro atoms. The first-order valence-electron chi connectivity index (χ1n) is 14.2. The Morgan fingerprint density at radius 3 is 2.61 bits per heavy atom. The molecule has 5 rings (SSSR count). The van der Waals surface area contributed by atoms with E-state index in [1.807, 2.05) is 19.2 Å². The summed E-state index contributed by atoms with van der Waals surface area (Å²) in [4.78, 5) is 13.7. The minimum Gasteiger partial charge on any atom is -0.497 e. The van der Waals surface area contributed by atoms with Crippen molar-refractivity contribution in [1.29, 1.82) is 0 Å². The molecule has 6 heteroatoms. The molecular formula is C30H47N3O3. The van der Waals surface area contributed by atoms with E-state index >= 15 is 0 Å². The number of hydrogen-bond donors (Lipinski definition) is 2. The van der Waals surface area contributed by atoms with E-state index in [2.05, 4.69) is 13.8 Å². The quantitative estimate of drug-likeness (QED) is 0.296. The summed E-state index contributed by atoms with van der Waals surface area (Å²) < 4.78 is 11.2. The summed E-state index contributed by atoms with van der Waals surface area (Å²) in [6.07, 6.45) is 11.3. The molecule has 1 aromatic rings. The maximum atomic E-state index is 13.7. The summed E-state index contributed by atoms with van der Waals surface area (Å²) in [6.45, 7) is 5.98. The number of nitrogens with zero attached hydrogens (tertiary/aromatic N) is 1. The average molecular weight is 498 g/mol. The number of nitrogens with two attached hydrogens (primary N) is 2. The van der Waals surface area contributed by atoms with Crippen LogP contribution in [0.5, 0.6) is 5.75 Å². The number of carbonyl (C=O) groups excluding carboxylic acids is 1. The smallest absolute Gasteiger partial charge is 0.157 e. The van der Waals surface area contributed by atoms with Gasteiger partial charge in [-0.05, 0) is 104 Å². The zero-order valence-corrected chi connectivity index (χ0v) is 22.8. The molecule has 200 valence electrons. The molecule has 0 aromatic heterocycles. The molecule has 0 aliphatic heterocycles. The van der Waals surface area contributed by atoms with E-state index in [4.69, 9.17) is 21.1 Å². The van der Waals surface area contributed by atoms with Crippen LogP contribution < -0.4 is 21.3 Å². The van der Waals surface area contributed by atoms with Gasteiger partial charge in [-0.2, -0.15) is 0 Å². The number of hydrogen-bond acceptors (Lipinski definition) is 6. The third-order valence-corrected chi connectivity index (χ3v) is 11.3. The minimum atomic E-state index is 0.0770. The van der Waals surface area contributed by atoms with Crippen molar-refractivity contribution < 1.29 is 14.3 Å². The van der Waals surface area contributed by atoms with Crippen LogP contribution in [0.2, 0.25) is 0 Å². The lowest BCUT2D eigenvalue weighted by Gasteiger charge is -2.62. The van der Waals surface area contributed by atoms with Gasteiger partial charge in [0.2, 0.25) is 0 Å². The summed E-state index contributed by atoms with van der Waals surface area (Å²) in [6, 6.07) is 5.43. The van der Waals surface area contributed by atoms with Gasteiger partial charge in [0, 0.05) is 19.1 Å². The first-order valence-corrected chi connectivity index (χ1v) is 14.2. The lowest BCUT2D eigenvalue weighted by Crippen LogP contribution is -2.56. The Labute approximate surface area is 217 Å². The molecule has 4 saturated carbocycles. The van der Waals surface area contributed by atoms with Gasteiger partial charge in [0.25, 0.3) is 0 Å². The van der Waals surface area contributed by atoms with Crippen LogP contribution in [0.15, 0.2) is 18.2 Å². The SMILES string of the molecule is COCC12CCC(C)CC1CCC1C2CCC2(C)C1CC[C@@H]2C(=O)CN(N)c1ccc(OC)cc1N. The summed E-state index contributed by atoms with van der Waals surface area (Å²) >= 11 is 0. The van der Waals surface area contributed by atoms with Crippen LogP contribution in [0.3, 0.4) is 0 Å². The van der Waals surface area contributed by atoms with Crippen molar-refractivity contribution in [3.63, 3.8) is 0 Å². The lowest BCUT2D eigenvalue weighted by molar-refractivity contribution is -0.154. The van der Waals surface area contributed by atoms with Crippen LogP contribution in [0, 0.1) is 46.3 Å². The van der Waals surface area contributed by atoms with Gasteiger partial charge in [-0.1, -0.05) is 20.3 Å². The van der Waals surface area contributed by atoms with Crippen molar-refractivity contribution in [2.24, 2.45) is 52.2 Å². The Bertz CT molecular complexity index is 969. The van der Waals surface area contributed by atoms with Gasteiger partial charge in [-0.3, -0.25) is 4.79 Å². The maximum Gasteiger partial charge on any atom is 0.157 e. The average Bonchev–Trinajstić information content (AvgIpc) is 3.21. The van der Waals surface area contributed by atoms with E-state index in [1.54, 1.807) is 13.2 Å². The molecule has 4 aliphatic rings. The largest absolute Gasteiger partial charge is 0.497 e. The van der Waals surface area contributed by atoms with E-state index in [-0.39, 0.29) is 23.7 Å². The van der Waals surface area contributed by atoms with Crippen LogP contribution in [0.25, 0.3) is 0 Å².